The summed E-state index contributed by atoms with van der Waals surface area (Å²) in [5.74, 6) is -1.37. The summed E-state index contributed by atoms with van der Waals surface area (Å²) in [7, 11) is 1.60. The van der Waals surface area contributed by atoms with Gasteiger partial charge < -0.3 is 10.6 Å². The lowest BCUT2D eigenvalue weighted by Gasteiger charge is -2.22. The number of urea groups is 1. The summed E-state index contributed by atoms with van der Waals surface area (Å²) in [6.45, 7) is 5.13. The molecule has 146 valence electrons. The quantitative estimate of drug-likeness (QED) is 0.579. The first-order valence-corrected chi connectivity index (χ1v) is 8.63. The van der Waals surface area contributed by atoms with Gasteiger partial charge in [-0.3, -0.25) is 24.7 Å². The van der Waals surface area contributed by atoms with Gasteiger partial charge in [0.05, 0.1) is 13.1 Å². The SMILES string of the molecule is CC(C)NC(=O)CN(C)CC(=O)NN1C(=O)N[C@](C)(c2ccccc2)C1=O. The van der Waals surface area contributed by atoms with Crippen molar-refractivity contribution in [1.82, 2.24) is 26.0 Å². The number of hydrazine groups is 1. The smallest absolute Gasteiger partial charge is 0.344 e. The van der Waals surface area contributed by atoms with Gasteiger partial charge in [0, 0.05) is 6.04 Å². The lowest BCUT2D eigenvalue weighted by atomic mass is 9.92. The summed E-state index contributed by atoms with van der Waals surface area (Å²) in [6, 6.07) is 8.08. The van der Waals surface area contributed by atoms with Crippen LogP contribution in [0.25, 0.3) is 0 Å². The zero-order valence-electron chi connectivity index (χ0n) is 15.9. The summed E-state index contributed by atoms with van der Waals surface area (Å²) in [5.41, 5.74) is 1.67. The van der Waals surface area contributed by atoms with Crippen molar-refractivity contribution < 1.29 is 19.2 Å². The molecule has 0 aliphatic carbocycles. The van der Waals surface area contributed by atoms with Gasteiger partial charge >= 0.3 is 6.03 Å². The number of carbonyl (C=O) groups is 4. The predicted molar refractivity (Wildman–Crippen MR) is 98.1 cm³/mol. The maximum Gasteiger partial charge on any atom is 0.344 e. The van der Waals surface area contributed by atoms with Crippen molar-refractivity contribution in [1.29, 1.82) is 0 Å². The Morgan fingerprint density at radius 3 is 2.33 bits per heavy atom. The van der Waals surface area contributed by atoms with Crippen LogP contribution in [0.4, 0.5) is 4.79 Å². The van der Waals surface area contributed by atoms with Crippen molar-refractivity contribution >= 4 is 23.8 Å². The third kappa shape index (κ3) is 4.82. The van der Waals surface area contributed by atoms with E-state index in [2.05, 4.69) is 16.1 Å². The average molecular weight is 375 g/mol. The molecule has 9 nitrogen and oxygen atoms in total. The predicted octanol–water partition coefficient (Wildman–Crippen LogP) is -0.0588. The summed E-state index contributed by atoms with van der Waals surface area (Å²) in [5, 5.41) is 6.00. The molecule has 0 spiro atoms. The Hall–Kier alpha value is -2.94. The van der Waals surface area contributed by atoms with Gasteiger partial charge in [-0.15, -0.1) is 0 Å². The second-order valence-corrected chi connectivity index (χ2v) is 6.99. The van der Waals surface area contributed by atoms with Crippen LogP contribution in [0.1, 0.15) is 26.3 Å². The molecule has 1 aliphatic rings. The summed E-state index contributed by atoms with van der Waals surface area (Å²) < 4.78 is 0. The van der Waals surface area contributed by atoms with Crippen LogP contribution in [0, 0.1) is 0 Å². The van der Waals surface area contributed by atoms with Crippen LogP contribution in [0.3, 0.4) is 0 Å². The summed E-state index contributed by atoms with van der Waals surface area (Å²) in [6.07, 6.45) is 0. The number of amides is 5. The summed E-state index contributed by atoms with van der Waals surface area (Å²) >= 11 is 0. The Morgan fingerprint density at radius 2 is 1.74 bits per heavy atom. The Morgan fingerprint density at radius 1 is 1.15 bits per heavy atom. The van der Waals surface area contributed by atoms with E-state index in [0.717, 1.165) is 0 Å². The molecule has 1 aromatic rings. The first-order chi connectivity index (χ1) is 12.6. The molecule has 0 bridgehead atoms. The van der Waals surface area contributed by atoms with Crippen LogP contribution >= 0.6 is 0 Å². The number of hydrogen-bond donors (Lipinski definition) is 3. The number of benzene rings is 1. The fourth-order valence-corrected chi connectivity index (χ4v) is 2.78. The van der Waals surface area contributed by atoms with E-state index in [-0.39, 0.29) is 25.0 Å². The molecule has 0 aromatic heterocycles. The fraction of sp³-hybridized carbons (Fsp3) is 0.444. The van der Waals surface area contributed by atoms with Crippen molar-refractivity contribution in [2.75, 3.05) is 20.1 Å². The third-order valence-corrected chi connectivity index (χ3v) is 4.06. The van der Waals surface area contributed by atoms with Crippen LogP contribution in [0.2, 0.25) is 0 Å². The molecule has 1 atom stereocenters. The number of rotatable bonds is 7. The molecule has 9 heteroatoms. The van der Waals surface area contributed by atoms with E-state index in [0.29, 0.717) is 10.6 Å². The van der Waals surface area contributed by atoms with E-state index in [1.54, 1.807) is 44.3 Å². The van der Waals surface area contributed by atoms with Crippen LogP contribution in [-0.2, 0) is 19.9 Å². The van der Waals surface area contributed by atoms with Gasteiger partial charge in [-0.1, -0.05) is 30.3 Å². The normalized spacial score (nSPS) is 19.4. The Labute approximate surface area is 158 Å². The van der Waals surface area contributed by atoms with E-state index < -0.39 is 23.4 Å². The van der Waals surface area contributed by atoms with Crippen LogP contribution in [0.5, 0.6) is 0 Å². The highest BCUT2D eigenvalue weighted by atomic mass is 16.2. The zero-order valence-corrected chi connectivity index (χ0v) is 15.9. The molecule has 2 rings (SSSR count). The molecule has 3 N–H and O–H groups in total. The standard InChI is InChI=1S/C18H25N5O4/c1-12(2)19-14(24)10-22(4)11-15(25)21-23-16(26)18(3,20-17(23)27)13-8-6-5-7-9-13/h5-9,12H,10-11H2,1-4H3,(H,19,24)(H,20,27)(H,21,25)/t18-/m1/s1. The lowest BCUT2D eigenvalue weighted by molar-refractivity contribution is -0.139. The van der Waals surface area contributed by atoms with Gasteiger partial charge in [-0.2, -0.15) is 5.01 Å². The fourth-order valence-electron chi connectivity index (χ4n) is 2.78. The molecule has 1 heterocycles. The van der Waals surface area contributed by atoms with Crippen LogP contribution in [-0.4, -0.2) is 59.8 Å². The maximum atomic E-state index is 12.7. The monoisotopic (exact) mass is 375 g/mol. The topological polar surface area (TPSA) is 111 Å². The van der Waals surface area contributed by atoms with E-state index in [1.165, 1.54) is 4.90 Å². The van der Waals surface area contributed by atoms with Gasteiger partial charge in [-0.25, -0.2) is 4.79 Å². The van der Waals surface area contributed by atoms with Gasteiger partial charge in [0.2, 0.25) is 5.91 Å². The molecule has 1 saturated heterocycles. The van der Waals surface area contributed by atoms with E-state index >= 15 is 0 Å². The molecule has 1 fully saturated rings. The Balaban J connectivity index is 1.97. The molecular formula is C18H25N5O4. The summed E-state index contributed by atoms with van der Waals surface area (Å²) in [4.78, 5) is 50.3. The number of nitrogens with zero attached hydrogens (tertiary/aromatic N) is 2. The Kier molecular flexibility index (Phi) is 6.17. The molecule has 5 amide bonds. The van der Waals surface area contributed by atoms with Crippen LogP contribution < -0.4 is 16.1 Å². The van der Waals surface area contributed by atoms with Crippen LogP contribution in [0.15, 0.2) is 30.3 Å². The van der Waals surface area contributed by atoms with Crippen molar-refractivity contribution in [3.63, 3.8) is 0 Å². The van der Waals surface area contributed by atoms with Crippen molar-refractivity contribution in [2.45, 2.75) is 32.4 Å². The number of imide groups is 1. The Bertz CT molecular complexity index is 737. The zero-order chi connectivity index (χ0) is 20.2. The van der Waals surface area contributed by atoms with Crippen molar-refractivity contribution in [3.8, 4) is 0 Å². The molecule has 1 aliphatic heterocycles. The maximum absolute atomic E-state index is 12.7. The first kappa shape index (κ1) is 20.4. The minimum absolute atomic E-state index is 0.00121. The molecular weight excluding hydrogens is 350 g/mol. The van der Waals surface area contributed by atoms with Gasteiger partial charge in [0.25, 0.3) is 11.8 Å². The second kappa shape index (κ2) is 8.17. The minimum atomic E-state index is -1.26. The first-order valence-electron chi connectivity index (χ1n) is 8.63. The highest BCUT2D eigenvalue weighted by Gasteiger charge is 2.49. The lowest BCUT2D eigenvalue weighted by Crippen LogP contribution is -2.51. The van der Waals surface area contributed by atoms with E-state index in [4.69, 9.17) is 0 Å². The largest absolute Gasteiger partial charge is 0.353 e. The molecule has 0 unspecified atom stereocenters. The second-order valence-electron chi connectivity index (χ2n) is 6.99. The molecule has 1 aromatic carbocycles. The van der Waals surface area contributed by atoms with Gasteiger partial charge in [0.1, 0.15) is 5.54 Å². The number of nitrogens with one attached hydrogen (secondary N) is 3. The highest BCUT2D eigenvalue weighted by molar-refractivity contribution is 6.08. The number of carbonyl (C=O) groups excluding carboxylic acids is 4. The molecule has 0 radical (unpaired) electrons. The third-order valence-electron chi connectivity index (χ3n) is 4.06. The molecule has 0 saturated carbocycles. The van der Waals surface area contributed by atoms with Gasteiger partial charge in [0.15, 0.2) is 0 Å². The number of hydrogen-bond acceptors (Lipinski definition) is 5. The number of likely N-dealkylation sites (N-methyl/N-ethyl adjacent to an activating group) is 1. The molecule has 27 heavy (non-hydrogen) atoms. The van der Waals surface area contributed by atoms with Gasteiger partial charge in [-0.05, 0) is 33.4 Å². The van der Waals surface area contributed by atoms with E-state index in [1.807, 2.05) is 13.8 Å². The highest BCUT2D eigenvalue weighted by Crippen LogP contribution is 2.27. The van der Waals surface area contributed by atoms with Crippen molar-refractivity contribution in [2.24, 2.45) is 0 Å². The average Bonchev–Trinajstić information content (AvgIpc) is 2.79. The minimum Gasteiger partial charge on any atom is -0.353 e. The van der Waals surface area contributed by atoms with E-state index in [9.17, 15) is 19.2 Å². The van der Waals surface area contributed by atoms with Crippen molar-refractivity contribution in [3.05, 3.63) is 35.9 Å².